The SMILES string of the molecule is NC(Cc1ccccc1)C(=O)N1CCC2(CCOCC2)C1. The molecular formula is C17H24N2O2. The molecule has 0 radical (unpaired) electrons. The monoisotopic (exact) mass is 288 g/mol. The van der Waals surface area contributed by atoms with E-state index in [1.807, 2.05) is 35.2 Å². The number of rotatable bonds is 3. The Bertz CT molecular complexity index is 483. The lowest BCUT2D eigenvalue weighted by atomic mass is 9.80. The van der Waals surface area contributed by atoms with E-state index < -0.39 is 6.04 Å². The highest BCUT2D eigenvalue weighted by molar-refractivity contribution is 5.82. The van der Waals surface area contributed by atoms with Crippen LogP contribution >= 0.6 is 0 Å². The minimum atomic E-state index is -0.428. The summed E-state index contributed by atoms with van der Waals surface area (Å²) in [5.74, 6) is 0.0993. The molecule has 3 rings (SSSR count). The van der Waals surface area contributed by atoms with Crippen molar-refractivity contribution in [2.24, 2.45) is 11.1 Å². The van der Waals surface area contributed by atoms with Crippen LogP contribution in [0.3, 0.4) is 0 Å². The number of nitrogens with zero attached hydrogens (tertiary/aromatic N) is 1. The summed E-state index contributed by atoms with van der Waals surface area (Å²) in [5, 5.41) is 0. The number of nitrogens with two attached hydrogens (primary N) is 1. The Kier molecular flexibility index (Phi) is 4.27. The van der Waals surface area contributed by atoms with Crippen molar-refractivity contribution in [3.8, 4) is 0 Å². The second-order valence-electron chi connectivity index (χ2n) is 6.42. The molecule has 2 aliphatic heterocycles. The molecule has 0 aromatic heterocycles. The third kappa shape index (κ3) is 3.27. The van der Waals surface area contributed by atoms with Crippen molar-refractivity contribution in [1.29, 1.82) is 0 Å². The van der Waals surface area contributed by atoms with Crippen LogP contribution in [0.15, 0.2) is 30.3 Å². The molecule has 2 aliphatic rings. The van der Waals surface area contributed by atoms with Gasteiger partial charge >= 0.3 is 0 Å². The maximum Gasteiger partial charge on any atom is 0.239 e. The lowest BCUT2D eigenvalue weighted by Gasteiger charge is -2.33. The normalized spacial score (nSPS) is 22.4. The highest BCUT2D eigenvalue weighted by atomic mass is 16.5. The third-order valence-corrected chi connectivity index (χ3v) is 4.92. The first-order valence-corrected chi connectivity index (χ1v) is 7.85. The van der Waals surface area contributed by atoms with Gasteiger partial charge in [0.05, 0.1) is 6.04 Å². The van der Waals surface area contributed by atoms with Gasteiger partial charge < -0.3 is 15.4 Å². The van der Waals surface area contributed by atoms with Gasteiger partial charge in [0.15, 0.2) is 0 Å². The quantitative estimate of drug-likeness (QED) is 0.919. The summed E-state index contributed by atoms with van der Waals surface area (Å²) in [7, 11) is 0. The molecule has 0 bridgehead atoms. The second kappa shape index (κ2) is 6.16. The number of likely N-dealkylation sites (tertiary alicyclic amines) is 1. The zero-order chi connectivity index (χ0) is 14.7. The molecule has 4 heteroatoms. The molecule has 1 aromatic carbocycles. The zero-order valence-corrected chi connectivity index (χ0v) is 12.5. The highest BCUT2D eigenvalue weighted by Gasteiger charge is 2.41. The molecule has 2 saturated heterocycles. The van der Waals surface area contributed by atoms with Gasteiger partial charge in [0.25, 0.3) is 0 Å². The van der Waals surface area contributed by atoms with Crippen molar-refractivity contribution in [1.82, 2.24) is 4.90 Å². The summed E-state index contributed by atoms with van der Waals surface area (Å²) < 4.78 is 5.45. The molecule has 2 N–H and O–H groups in total. The number of ether oxygens (including phenoxy) is 1. The van der Waals surface area contributed by atoms with Crippen molar-refractivity contribution in [2.45, 2.75) is 31.7 Å². The van der Waals surface area contributed by atoms with Crippen LogP contribution in [0.4, 0.5) is 0 Å². The van der Waals surface area contributed by atoms with Crippen LogP contribution in [0.1, 0.15) is 24.8 Å². The molecule has 1 amide bonds. The van der Waals surface area contributed by atoms with E-state index >= 15 is 0 Å². The van der Waals surface area contributed by atoms with Crippen molar-refractivity contribution < 1.29 is 9.53 Å². The fourth-order valence-corrected chi connectivity index (χ4v) is 3.53. The van der Waals surface area contributed by atoms with Gasteiger partial charge in [-0.2, -0.15) is 0 Å². The average Bonchev–Trinajstić information content (AvgIpc) is 2.92. The van der Waals surface area contributed by atoms with E-state index in [1.54, 1.807) is 0 Å². The maximum atomic E-state index is 12.5. The number of amides is 1. The average molecular weight is 288 g/mol. The van der Waals surface area contributed by atoms with Gasteiger partial charge in [-0.3, -0.25) is 4.79 Å². The standard InChI is InChI=1S/C17H24N2O2/c18-15(12-14-4-2-1-3-5-14)16(20)19-9-6-17(13-19)7-10-21-11-8-17/h1-5,15H,6-13,18H2. The number of hydrogen-bond acceptors (Lipinski definition) is 3. The summed E-state index contributed by atoms with van der Waals surface area (Å²) >= 11 is 0. The van der Waals surface area contributed by atoms with Crippen LogP contribution in [-0.2, 0) is 16.0 Å². The van der Waals surface area contributed by atoms with E-state index in [9.17, 15) is 4.79 Å². The topological polar surface area (TPSA) is 55.6 Å². The molecular weight excluding hydrogens is 264 g/mol. The molecule has 114 valence electrons. The minimum absolute atomic E-state index is 0.0993. The van der Waals surface area contributed by atoms with Gasteiger partial charge in [-0.05, 0) is 36.7 Å². The Labute approximate surface area is 126 Å². The lowest BCUT2D eigenvalue weighted by molar-refractivity contribution is -0.132. The van der Waals surface area contributed by atoms with E-state index in [4.69, 9.17) is 10.5 Å². The Morgan fingerprint density at radius 1 is 1.24 bits per heavy atom. The Morgan fingerprint density at radius 2 is 1.95 bits per heavy atom. The predicted molar refractivity (Wildman–Crippen MR) is 81.8 cm³/mol. The van der Waals surface area contributed by atoms with Crippen molar-refractivity contribution >= 4 is 5.91 Å². The van der Waals surface area contributed by atoms with E-state index in [-0.39, 0.29) is 5.91 Å². The molecule has 1 aromatic rings. The third-order valence-electron chi connectivity index (χ3n) is 4.92. The summed E-state index contributed by atoms with van der Waals surface area (Å²) in [4.78, 5) is 14.5. The van der Waals surface area contributed by atoms with Gasteiger partial charge in [-0.15, -0.1) is 0 Å². The van der Waals surface area contributed by atoms with Crippen molar-refractivity contribution in [3.63, 3.8) is 0 Å². The van der Waals surface area contributed by atoms with E-state index in [0.717, 1.165) is 51.1 Å². The Balaban J connectivity index is 1.58. The number of benzene rings is 1. The fourth-order valence-electron chi connectivity index (χ4n) is 3.53. The lowest BCUT2D eigenvalue weighted by Crippen LogP contribution is -2.45. The summed E-state index contributed by atoms with van der Waals surface area (Å²) in [6.07, 6.45) is 3.86. The summed E-state index contributed by atoms with van der Waals surface area (Å²) in [6, 6.07) is 9.57. The van der Waals surface area contributed by atoms with E-state index in [1.165, 1.54) is 0 Å². The van der Waals surface area contributed by atoms with Crippen LogP contribution in [0.5, 0.6) is 0 Å². The van der Waals surface area contributed by atoms with E-state index in [0.29, 0.717) is 11.8 Å². The van der Waals surface area contributed by atoms with Gasteiger partial charge in [0.1, 0.15) is 0 Å². The van der Waals surface area contributed by atoms with Gasteiger partial charge in [-0.25, -0.2) is 0 Å². The van der Waals surface area contributed by atoms with Crippen LogP contribution < -0.4 is 5.73 Å². The molecule has 4 nitrogen and oxygen atoms in total. The van der Waals surface area contributed by atoms with E-state index in [2.05, 4.69) is 0 Å². The van der Waals surface area contributed by atoms with Crippen LogP contribution in [0.25, 0.3) is 0 Å². The number of carbonyl (C=O) groups excluding carboxylic acids is 1. The van der Waals surface area contributed by atoms with Crippen LogP contribution in [0, 0.1) is 5.41 Å². The molecule has 21 heavy (non-hydrogen) atoms. The Morgan fingerprint density at radius 3 is 2.67 bits per heavy atom. The summed E-state index contributed by atoms with van der Waals surface area (Å²) in [5.41, 5.74) is 7.55. The molecule has 1 unspecified atom stereocenters. The molecule has 2 heterocycles. The number of hydrogen-bond donors (Lipinski definition) is 1. The van der Waals surface area contributed by atoms with Gasteiger partial charge in [0.2, 0.25) is 5.91 Å². The van der Waals surface area contributed by atoms with Crippen LogP contribution in [0.2, 0.25) is 0 Å². The molecule has 1 spiro atoms. The highest BCUT2D eigenvalue weighted by Crippen LogP contribution is 2.39. The molecule has 1 atom stereocenters. The largest absolute Gasteiger partial charge is 0.381 e. The first kappa shape index (κ1) is 14.5. The smallest absolute Gasteiger partial charge is 0.239 e. The number of carbonyl (C=O) groups is 1. The van der Waals surface area contributed by atoms with Gasteiger partial charge in [-0.1, -0.05) is 30.3 Å². The predicted octanol–water partition coefficient (Wildman–Crippen LogP) is 1.59. The maximum absolute atomic E-state index is 12.5. The molecule has 0 saturated carbocycles. The minimum Gasteiger partial charge on any atom is -0.381 e. The zero-order valence-electron chi connectivity index (χ0n) is 12.5. The molecule has 0 aliphatic carbocycles. The second-order valence-corrected chi connectivity index (χ2v) is 6.42. The fraction of sp³-hybridized carbons (Fsp3) is 0.588. The van der Waals surface area contributed by atoms with Crippen molar-refractivity contribution in [3.05, 3.63) is 35.9 Å². The Hall–Kier alpha value is -1.39. The summed E-state index contributed by atoms with van der Waals surface area (Å²) in [6.45, 7) is 3.37. The first-order chi connectivity index (χ1) is 10.2. The first-order valence-electron chi connectivity index (χ1n) is 7.85. The van der Waals surface area contributed by atoms with Gasteiger partial charge in [0, 0.05) is 26.3 Å². The van der Waals surface area contributed by atoms with Crippen molar-refractivity contribution in [2.75, 3.05) is 26.3 Å². The van der Waals surface area contributed by atoms with Crippen LogP contribution in [-0.4, -0.2) is 43.2 Å². The molecule has 2 fully saturated rings.